The molecule has 1 aliphatic rings. The third-order valence-electron chi connectivity index (χ3n) is 4.76. The van der Waals surface area contributed by atoms with Gasteiger partial charge in [0.25, 0.3) is 0 Å². The summed E-state index contributed by atoms with van der Waals surface area (Å²) in [6, 6.07) is 10.7. The highest BCUT2D eigenvalue weighted by Crippen LogP contribution is 2.31. The first-order valence-electron chi connectivity index (χ1n) is 8.09. The van der Waals surface area contributed by atoms with Crippen molar-refractivity contribution in [3.63, 3.8) is 0 Å². The Kier molecular flexibility index (Phi) is 5.42. The molecule has 3 heteroatoms. The minimum absolute atomic E-state index is 0.0553. The van der Waals surface area contributed by atoms with Crippen LogP contribution in [-0.2, 0) is 5.41 Å². The van der Waals surface area contributed by atoms with Crippen molar-refractivity contribution in [2.75, 3.05) is 33.7 Å². The Hall–Kier alpha value is -0.900. The zero-order valence-electron chi connectivity index (χ0n) is 13.7. The quantitative estimate of drug-likeness (QED) is 0.809. The van der Waals surface area contributed by atoms with Crippen LogP contribution in [-0.4, -0.2) is 49.3 Å². The summed E-state index contributed by atoms with van der Waals surface area (Å²) in [5.41, 5.74) is 0.940. The number of nitrogens with one attached hydrogen (secondary N) is 1. The van der Waals surface area contributed by atoms with E-state index in [2.05, 4.69) is 54.5 Å². The molecule has 118 valence electrons. The maximum atomic E-state index is 10.6. The first kappa shape index (κ1) is 16.5. The molecule has 0 aliphatic heterocycles. The van der Waals surface area contributed by atoms with Crippen molar-refractivity contribution in [3.05, 3.63) is 35.9 Å². The summed E-state index contributed by atoms with van der Waals surface area (Å²) in [6.45, 7) is 4.95. The second-order valence-electron chi connectivity index (χ2n) is 7.06. The standard InChI is InChI=1S/C18H30N2O/c1-17(13-19-2,16-9-5-4-6-10-16)14-20(3)15-18(21)11-7-8-12-18/h4-6,9-10,19,21H,7-8,11-15H2,1-3H3. The third kappa shape index (κ3) is 4.29. The van der Waals surface area contributed by atoms with E-state index in [9.17, 15) is 5.11 Å². The molecule has 1 aromatic carbocycles. The normalized spacial score (nSPS) is 20.6. The molecule has 21 heavy (non-hydrogen) atoms. The van der Waals surface area contributed by atoms with E-state index in [1.807, 2.05) is 7.05 Å². The molecule has 0 amide bonds. The third-order valence-corrected chi connectivity index (χ3v) is 4.76. The second kappa shape index (κ2) is 6.91. The number of nitrogens with zero attached hydrogens (tertiary/aromatic N) is 1. The van der Waals surface area contributed by atoms with E-state index in [-0.39, 0.29) is 5.41 Å². The summed E-state index contributed by atoms with van der Waals surface area (Å²) in [4.78, 5) is 2.30. The van der Waals surface area contributed by atoms with Crippen LogP contribution < -0.4 is 5.32 Å². The summed E-state index contributed by atoms with van der Waals surface area (Å²) in [5.74, 6) is 0. The van der Waals surface area contributed by atoms with Crippen molar-refractivity contribution in [2.24, 2.45) is 0 Å². The summed E-state index contributed by atoms with van der Waals surface area (Å²) in [5, 5.41) is 13.9. The van der Waals surface area contributed by atoms with E-state index in [0.29, 0.717) is 0 Å². The molecule has 0 heterocycles. The average Bonchev–Trinajstić information content (AvgIpc) is 2.86. The maximum absolute atomic E-state index is 10.6. The van der Waals surface area contributed by atoms with Gasteiger partial charge in [0, 0.05) is 25.0 Å². The van der Waals surface area contributed by atoms with Crippen LogP contribution in [0.4, 0.5) is 0 Å². The molecule has 0 saturated heterocycles. The molecule has 1 saturated carbocycles. The monoisotopic (exact) mass is 290 g/mol. The fourth-order valence-electron chi connectivity index (χ4n) is 3.83. The molecule has 0 radical (unpaired) electrons. The minimum atomic E-state index is -0.466. The molecule has 1 aromatic rings. The summed E-state index contributed by atoms with van der Waals surface area (Å²) < 4.78 is 0. The molecular formula is C18H30N2O. The lowest BCUT2D eigenvalue weighted by molar-refractivity contribution is 0.0117. The highest BCUT2D eigenvalue weighted by molar-refractivity contribution is 5.25. The van der Waals surface area contributed by atoms with Crippen LogP contribution in [0.3, 0.4) is 0 Å². The Balaban J connectivity index is 2.05. The van der Waals surface area contributed by atoms with Crippen molar-refractivity contribution in [2.45, 2.75) is 43.6 Å². The van der Waals surface area contributed by atoms with Crippen LogP contribution in [0.5, 0.6) is 0 Å². The molecule has 0 bridgehead atoms. The lowest BCUT2D eigenvalue weighted by Gasteiger charge is -2.37. The number of benzene rings is 1. The largest absolute Gasteiger partial charge is 0.389 e. The maximum Gasteiger partial charge on any atom is 0.0774 e. The van der Waals surface area contributed by atoms with Gasteiger partial charge in [-0.1, -0.05) is 50.1 Å². The van der Waals surface area contributed by atoms with Gasteiger partial charge in [-0.3, -0.25) is 0 Å². The number of hydrogen-bond donors (Lipinski definition) is 2. The number of hydrogen-bond acceptors (Lipinski definition) is 3. The molecule has 1 atom stereocenters. The molecule has 1 aliphatic carbocycles. The van der Waals surface area contributed by atoms with Crippen LogP contribution in [0.1, 0.15) is 38.2 Å². The second-order valence-corrected chi connectivity index (χ2v) is 7.06. The molecule has 1 unspecified atom stereocenters. The Morgan fingerprint density at radius 1 is 1.24 bits per heavy atom. The van der Waals surface area contributed by atoms with Crippen LogP contribution in [0.2, 0.25) is 0 Å². The molecule has 1 fully saturated rings. The van der Waals surface area contributed by atoms with Gasteiger partial charge in [-0.15, -0.1) is 0 Å². The van der Waals surface area contributed by atoms with E-state index in [1.54, 1.807) is 0 Å². The van der Waals surface area contributed by atoms with Crippen molar-refractivity contribution >= 4 is 0 Å². The van der Waals surface area contributed by atoms with Gasteiger partial charge in [-0.05, 0) is 32.5 Å². The van der Waals surface area contributed by atoms with Crippen molar-refractivity contribution in [3.8, 4) is 0 Å². The minimum Gasteiger partial charge on any atom is -0.389 e. The Morgan fingerprint density at radius 3 is 2.43 bits per heavy atom. The van der Waals surface area contributed by atoms with Gasteiger partial charge >= 0.3 is 0 Å². The molecule has 3 nitrogen and oxygen atoms in total. The van der Waals surface area contributed by atoms with Gasteiger partial charge in [0.1, 0.15) is 0 Å². The highest BCUT2D eigenvalue weighted by Gasteiger charge is 2.34. The predicted octanol–water partition coefficient (Wildman–Crippen LogP) is 2.40. The summed E-state index contributed by atoms with van der Waals surface area (Å²) in [7, 11) is 4.14. The van der Waals surface area contributed by atoms with Gasteiger partial charge < -0.3 is 15.3 Å². The topological polar surface area (TPSA) is 35.5 Å². The van der Waals surface area contributed by atoms with Gasteiger partial charge in [-0.2, -0.15) is 0 Å². The Labute approximate surface area is 129 Å². The summed E-state index contributed by atoms with van der Waals surface area (Å²) in [6.07, 6.45) is 4.23. The van der Waals surface area contributed by atoms with Crippen LogP contribution in [0.25, 0.3) is 0 Å². The van der Waals surface area contributed by atoms with Crippen LogP contribution in [0, 0.1) is 0 Å². The smallest absolute Gasteiger partial charge is 0.0774 e. The average molecular weight is 290 g/mol. The molecule has 2 N–H and O–H groups in total. The van der Waals surface area contributed by atoms with Gasteiger partial charge in [0.15, 0.2) is 0 Å². The van der Waals surface area contributed by atoms with E-state index in [4.69, 9.17) is 0 Å². The molecule has 2 rings (SSSR count). The fraction of sp³-hybridized carbons (Fsp3) is 0.667. The van der Waals surface area contributed by atoms with E-state index in [1.165, 1.54) is 5.56 Å². The van der Waals surface area contributed by atoms with Crippen molar-refractivity contribution in [1.29, 1.82) is 0 Å². The molecule has 0 spiro atoms. The van der Waals surface area contributed by atoms with E-state index >= 15 is 0 Å². The van der Waals surface area contributed by atoms with Crippen molar-refractivity contribution < 1.29 is 5.11 Å². The van der Waals surface area contributed by atoms with Gasteiger partial charge in [0.2, 0.25) is 0 Å². The van der Waals surface area contributed by atoms with E-state index in [0.717, 1.165) is 45.3 Å². The lowest BCUT2D eigenvalue weighted by Crippen LogP contribution is -2.48. The van der Waals surface area contributed by atoms with E-state index < -0.39 is 5.60 Å². The molecular weight excluding hydrogens is 260 g/mol. The zero-order chi connectivity index (χ0) is 15.3. The SMILES string of the molecule is CNCC(C)(CN(C)CC1(O)CCCC1)c1ccccc1. The highest BCUT2D eigenvalue weighted by atomic mass is 16.3. The number of aliphatic hydroxyl groups is 1. The number of rotatable bonds is 7. The molecule has 0 aromatic heterocycles. The lowest BCUT2D eigenvalue weighted by atomic mass is 9.81. The van der Waals surface area contributed by atoms with Gasteiger partial charge in [0.05, 0.1) is 5.60 Å². The fourth-order valence-corrected chi connectivity index (χ4v) is 3.83. The van der Waals surface area contributed by atoms with Crippen LogP contribution >= 0.6 is 0 Å². The Morgan fingerprint density at radius 2 is 1.86 bits per heavy atom. The Bertz CT molecular complexity index is 428. The zero-order valence-corrected chi connectivity index (χ0v) is 13.7. The first-order valence-corrected chi connectivity index (χ1v) is 8.09. The van der Waals surface area contributed by atoms with Crippen LogP contribution in [0.15, 0.2) is 30.3 Å². The number of likely N-dealkylation sites (N-methyl/N-ethyl adjacent to an activating group) is 2. The predicted molar refractivity (Wildman–Crippen MR) is 88.6 cm³/mol. The first-order chi connectivity index (χ1) is 9.97. The van der Waals surface area contributed by atoms with Gasteiger partial charge in [-0.25, -0.2) is 0 Å². The summed E-state index contributed by atoms with van der Waals surface area (Å²) >= 11 is 0. The van der Waals surface area contributed by atoms with Crippen molar-refractivity contribution in [1.82, 2.24) is 10.2 Å².